The van der Waals surface area contributed by atoms with Crippen LogP contribution in [0.25, 0.3) is 10.9 Å². The lowest BCUT2D eigenvalue weighted by Gasteiger charge is -2.03. The second-order valence-electron chi connectivity index (χ2n) is 4.68. The van der Waals surface area contributed by atoms with Gasteiger partial charge in [0.15, 0.2) is 5.78 Å². The Balaban J connectivity index is 2.18. The van der Waals surface area contributed by atoms with Crippen molar-refractivity contribution in [3.8, 4) is 0 Å². The normalized spacial score (nSPS) is 10.9. The van der Waals surface area contributed by atoms with Crippen LogP contribution < -0.4 is 0 Å². The smallest absolute Gasteiger partial charge is 0.198 e. The Hall–Kier alpha value is -2.13. The van der Waals surface area contributed by atoms with Crippen molar-refractivity contribution in [3.05, 3.63) is 70.1 Å². The molecule has 0 aliphatic carbocycles. The first-order chi connectivity index (χ1) is 9.58. The van der Waals surface area contributed by atoms with Gasteiger partial charge >= 0.3 is 0 Å². The van der Waals surface area contributed by atoms with E-state index in [4.69, 9.17) is 11.6 Å². The van der Waals surface area contributed by atoms with E-state index in [0.29, 0.717) is 21.5 Å². The zero-order chi connectivity index (χ0) is 14.3. The van der Waals surface area contributed by atoms with E-state index in [1.807, 2.05) is 6.92 Å². The van der Waals surface area contributed by atoms with E-state index in [2.05, 4.69) is 4.98 Å². The number of fused-ring (bicyclic) bond motifs is 1. The second kappa shape index (κ2) is 4.76. The average molecular weight is 288 g/mol. The van der Waals surface area contributed by atoms with Crippen LogP contribution in [0.15, 0.2) is 42.6 Å². The number of para-hydroxylation sites is 1. The number of carbonyl (C=O) groups is 1. The lowest BCUT2D eigenvalue weighted by atomic mass is 10.0. The summed E-state index contributed by atoms with van der Waals surface area (Å²) in [5, 5.41) is 1.23. The fourth-order valence-electron chi connectivity index (χ4n) is 2.26. The number of nitrogens with one attached hydrogen (secondary N) is 1. The van der Waals surface area contributed by atoms with Crippen LogP contribution in [0.3, 0.4) is 0 Å². The van der Waals surface area contributed by atoms with E-state index in [9.17, 15) is 9.18 Å². The van der Waals surface area contributed by atoms with Crippen LogP contribution >= 0.6 is 11.6 Å². The third kappa shape index (κ3) is 2.00. The van der Waals surface area contributed by atoms with Crippen molar-refractivity contribution in [2.75, 3.05) is 0 Å². The Bertz CT molecular complexity index is 822. The van der Waals surface area contributed by atoms with Gasteiger partial charge in [0.05, 0.1) is 16.1 Å². The van der Waals surface area contributed by atoms with Gasteiger partial charge in [-0.1, -0.05) is 35.4 Å². The molecule has 0 bridgehead atoms. The summed E-state index contributed by atoms with van der Waals surface area (Å²) >= 11 is 6.06. The minimum absolute atomic E-state index is 0.0749. The molecule has 2 nitrogen and oxygen atoms in total. The summed E-state index contributed by atoms with van der Waals surface area (Å²) in [6, 6.07) is 9.80. The van der Waals surface area contributed by atoms with Crippen molar-refractivity contribution in [1.82, 2.24) is 4.98 Å². The van der Waals surface area contributed by atoms with E-state index < -0.39 is 5.82 Å². The minimum Gasteiger partial charge on any atom is -0.359 e. The molecule has 0 radical (unpaired) electrons. The first-order valence-electron chi connectivity index (χ1n) is 6.14. The van der Waals surface area contributed by atoms with Crippen LogP contribution in [0.5, 0.6) is 0 Å². The molecule has 1 N–H and O–H groups in total. The minimum atomic E-state index is -0.517. The van der Waals surface area contributed by atoms with Crippen LogP contribution in [-0.4, -0.2) is 10.8 Å². The van der Waals surface area contributed by atoms with E-state index in [1.165, 1.54) is 6.07 Å². The fraction of sp³-hybridized carbons (Fsp3) is 0.0625. The van der Waals surface area contributed by atoms with Gasteiger partial charge in [-0.3, -0.25) is 4.79 Å². The van der Waals surface area contributed by atoms with Crippen molar-refractivity contribution in [2.24, 2.45) is 0 Å². The average Bonchev–Trinajstić information content (AvgIpc) is 2.86. The summed E-state index contributed by atoms with van der Waals surface area (Å²) in [7, 11) is 0. The largest absolute Gasteiger partial charge is 0.359 e. The molecule has 0 amide bonds. The zero-order valence-corrected chi connectivity index (χ0v) is 11.5. The third-order valence-corrected chi connectivity index (χ3v) is 3.59. The molecule has 0 atom stereocenters. The molecule has 0 spiro atoms. The van der Waals surface area contributed by atoms with Crippen LogP contribution in [0.1, 0.15) is 21.5 Å². The summed E-state index contributed by atoms with van der Waals surface area (Å²) in [6.07, 6.45) is 1.57. The molecular weight excluding hydrogens is 277 g/mol. The maximum Gasteiger partial charge on any atom is 0.198 e. The number of hydrogen-bond donors (Lipinski definition) is 1. The summed E-state index contributed by atoms with van der Waals surface area (Å²) in [5.41, 5.74) is 2.02. The van der Waals surface area contributed by atoms with E-state index in [0.717, 1.165) is 5.56 Å². The predicted molar refractivity (Wildman–Crippen MR) is 77.9 cm³/mol. The molecule has 2 aromatic carbocycles. The molecule has 20 heavy (non-hydrogen) atoms. The van der Waals surface area contributed by atoms with Gasteiger partial charge in [0.25, 0.3) is 0 Å². The SMILES string of the molecule is Cc1ccc(F)c(C(=O)c2c[nH]c3c(Cl)cccc23)c1. The summed E-state index contributed by atoms with van der Waals surface area (Å²) < 4.78 is 13.8. The number of benzene rings is 2. The highest BCUT2D eigenvalue weighted by molar-refractivity contribution is 6.35. The summed E-state index contributed by atoms with van der Waals surface area (Å²) in [6.45, 7) is 1.82. The van der Waals surface area contributed by atoms with E-state index >= 15 is 0 Å². The molecule has 0 aliphatic rings. The number of rotatable bonds is 2. The monoisotopic (exact) mass is 287 g/mol. The van der Waals surface area contributed by atoms with Gasteiger partial charge in [-0.05, 0) is 25.1 Å². The van der Waals surface area contributed by atoms with Gasteiger partial charge in [-0.15, -0.1) is 0 Å². The number of H-pyrrole nitrogens is 1. The van der Waals surface area contributed by atoms with Gasteiger partial charge in [-0.25, -0.2) is 4.39 Å². The van der Waals surface area contributed by atoms with Gasteiger partial charge in [0.1, 0.15) is 5.82 Å². The van der Waals surface area contributed by atoms with Gasteiger partial charge < -0.3 is 4.98 Å². The molecule has 0 aliphatic heterocycles. The van der Waals surface area contributed by atoms with Gasteiger partial charge in [0.2, 0.25) is 0 Å². The Labute approximate surface area is 120 Å². The topological polar surface area (TPSA) is 32.9 Å². The van der Waals surface area contributed by atoms with Crippen LogP contribution in [0, 0.1) is 12.7 Å². The van der Waals surface area contributed by atoms with Crippen LogP contribution in [0.2, 0.25) is 5.02 Å². The maximum absolute atomic E-state index is 13.8. The molecule has 0 unspecified atom stereocenters. The maximum atomic E-state index is 13.8. The number of carbonyl (C=O) groups excluding carboxylic acids is 1. The van der Waals surface area contributed by atoms with Crippen molar-refractivity contribution in [1.29, 1.82) is 0 Å². The lowest BCUT2D eigenvalue weighted by molar-refractivity contribution is 0.103. The van der Waals surface area contributed by atoms with Crippen molar-refractivity contribution in [2.45, 2.75) is 6.92 Å². The zero-order valence-electron chi connectivity index (χ0n) is 10.7. The van der Waals surface area contributed by atoms with Gasteiger partial charge in [-0.2, -0.15) is 0 Å². The highest BCUT2D eigenvalue weighted by Gasteiger charge is 2.18. The molecular formula is C16H11ClFNO. The Morgan fingerprint density at radius 2 is 2.00 bits per heavy atom. The fourth-order valence-corrected chi connectivity index (χ4v) is 2.49. The highest BCUT2D eigenvalue weighted by atomic mass is 35.5. The summed E-state index contributed by atoms with van der Waals surface area (Å²) in [4.78, 5) is 15.5. The molecule has 1 aromatic heterocycles. The van der Waals surface area contributed by atoms with E-state index in [-0.39, 0.29) is 11.3 Å². The highest BCUT2D eigenvalue weighted by Crippen LogP contribution is 2.27. The molecule has 0 saturated heterocycles. The van der Waals surface area contributed by atoms with Crippen molar-refractivity contribution in [3.63, 3.8) is 0 Å². The molecule has 0 fully saturated rings. The first kappa shape index (κ1) is 12.9. The Morgan fingerprint density at radius 3 is 2.80 bits per heavy atom. The Kier molecular flexibility index (Phi) is 3.07. The first-order valence-corrected chi connectivity index (χ1v) is 6.52. The Morgan fingerprint density at radius 1 is 1.20 bits per heavy atom. The third-order valence-electron chi connectivity index (χ3n) is 3.28. The predicted octanol–water partition coefficient (Wildman–Crippen LogP) is 4.50. The number of aromatic amines is 1. The second-order valence-corrected chi connectivity index (χ2v) is 5.08. The van der Waals surface area contributed by atoms with E-state index in [1.54, 1.807) is 36.5 Å². The van der Waals surface area contributed by atoms with Crippen LogP contribution in [0.4, 0.5) is 4.39 Å². The van der Waals surface area contributed by atoms with Gasteiger partial charge in [0, 0.05) is 17.1 Å². The number of aryl methyl sites for hydroxylation is 1. The number of aromatic nitrogens is 1. The number of ketones is 1. The van der Waals surface area contributed by atoms with Crippen molar-refractivity contribution >= 4 is 28.3 Å². The molecule has 1 heterocycles. The quantitative estimate of drug-likeness (QED) is 0.692. The lowest BCUT2D eigenvalue weighted by Crippen LogP contribution is -2.04. The number of halogens is 2. The molecule has 3 rings (SSSR count). The molecule has 4 heteroatoms. The molecule has 100 valence electrons. The summed E-state index contributed by atoms with van der Waals surface area (Å²) in [5.74, 6) is -0.864. The van der Waals surface area contributed by atoms with Crippen molar-refractivity contribution < 1.29 is 9.18 Å². The standard InChI is InChI=1S/C16H11ClFNO/c1-9-5-6-14(18)11(7-9)16(20)12-8-19-15-10(12)3-2-4-13(15)17/h2-8,19H,1H3. The van der Waals surface area contributed by atoms with Crippen LogP contribution in [-0.2, 0) is 0 Å². The molecule has 0 saturated carbocycles. The molecule has 3 aromatic rings. The number of hydrogen-bond acceptors (Lipinski definition) is 1.